The molecule has 0 unspecified atom stereocenters. The lowest BCUT2D eigenvalue weighted by molar-refractivity contribution is 0.755. The molecule has 1 aromatic heterocycles. The number of nitrogens with zero attached hydrogens (tertiary/aromatic N) is 2. The molecule has 1 aromatic carbocycles. The molecule has 0 amide bonds. The SMILES string of the molecule is CCCN(Cc1ccccc1N)c1ccc(C)cn1. The number of nitrogen functional groups attached to an aromatic ring is 1. The predicted octanol–water partition coefficient (Wildman–Crippen LogP) is 3.39. The Bertz CT molecular complexity index is 520. The first kappa shape index (κ1) is 13.4. The fraction of sp³-hybridized carbons (Fsp3) is 0.312. The van der Waals surface area contributed by atoms with Crippen molar-refractivity contribution in [3.05, 3.63) is 53.7 Å². The third kappa shape index (κ3) is 3.47. The third-order valence-electron chi connectivity index (χ3n) is 3.13. The summed E-state index contributed by atoms with van der Waals surface area (Å²) in [6.07, 6.45) is 2.99. The van der Waals surface area contributed by atoms with Crippen LogP contribution < -0.4 is 10.6 Å². The lowest BCUT2D eigenvalue weighted by atomic mass is 10.1. The lowest BCUT2D eigenvalue weighted by Crippen LogP contribution is -2.24. The van der Waals surface area contributed by atoms with Gasteiger partial charge in [-0.2, -0.15) is 0 Å². The van der Waals surface area contributed by atoms with E-state index in [1.807, 2.05) is 24.4 Å². The first-order chi connectivity index (χ1) is 9.20. The summed E-state index contributed by atoms with van der Waals surface area (Å²) in [6.45, 7) is 6.01. The molecule has 0 bridgehead atoms. The summed E-state index contributed by atoms with van der Waals surface area (Å²) in [5.41, 5.74) is 9.19. The second-order valence-electron chi connectivity index (χ2n) is 4.81. The Balaban J connectivity index is 2.21. The van der Waals surface area contributed by atoms with Gasteiger partial charge in [-0.1, -0.05) is 31.2 Å². The molecule has 1 heterocycles. The van der Waals surface area contributed by atoms with Gasteiger partial charge in [0.05, 0.1) is 0 Å². The zero-order chi connectivity index (χ0) is 13.7. The van der Waals surface area contributed by atoms with E-state index in [2.05, 4.69) is 41.9 Å². The molecule has 0 aliphatic carbocycles. The predicted molar refractivity (Wildman–Crippen MR) is 81.2 cm³/mol. The largest absolute Gasteiger partial charge is 0.398 e. The highest BCUT2D eigenvalue weighted by atomic mass is 15.2. The topological polar surface area (TPSA) is 42.1 Å². The summed E-state index contributed by atoms with van der Waals surface area (Å²) < 4.78 is 0. The van der Waals surface area contributed by atoms with Gasteiger partial charge < -0.3 is 10.6 Å². The number of benzene rings is 1. The van der Waals surface area contributed by atoms with Crippen molar-refractivity contribution in [2.24, 2.45) is 0 Å². The van der Waals surface area contributed by atoms with E-state index in [0.29, 0.717) is 0 Å². The van der Waals surface area contributed by atoms with Crippen LogP contribution in [0.15, 0.2) is 42.6 Å². The quantitative estimate of drug-likeness (QED) is 0.833. The van der Waals surface area contributed by atoms with Gasteiger partial charge in [-0.25, -0.2) is 4.98 Å². The fourth-order valence-electron chi connectivity index (χ4n) is 2.08. The average molecular weight is 255 g/mol. The Hall–Kier alpha value is -2.03. The Kier molecular flexibility index (Phi) is 4.39. The summed E-state index contributed by atoms with van der Waals surface area (Å²) >= 11 is 0. The molecule has 0 radical (unpaired) electrons. The second-order valence-corrected chi connectivity index (χ2v) is 4.81. The smallest absolute Gasteiger partial charge is 0.128 e. The summed E-state index contributed by atoms with van der Waals surface area (Å²) in [5, 5.41) is 0. The van der Waals surface area contributed by atoms with Crippen molar-refractivity contribution >= 4 is 11.5 Å². The van der Waals surface area contributed by atoms with Gasteiger partial charge in [0.15, 0.2) is 0 Å². The molecule has 2 N–H and O–H groups in total. The molecule has 0 aliphatic rings. The Morgan fingerprint density at radius 3 is 2.58 bits per heavy atom. The van der Waals surface area contributed by atoms with Crippen LogP contribution in [-0.2, 0) is 6.54 Å². The third-order valence-corrected chi connectivity index (χ3v) is 3.13. The number of aryl methyl sites for hydroxylation is 1. The highest BCUT2D eigenvalue weighted by molar-refractivity contribution is 5.49. The average Bonchev–Trinajstić information content (AvgIpc) is 2.42. The molecule has 0 saturated carbocycles. The summed E-state index contributed by atoms with van der Waals surface area (Å²) in [7, 11) is 0. The van der Waals surface area contributed by atoms with E-state index in [4.69, 9.17) is 5.73 Å². The van der Waals surface area contributed by atoms with E-state index >= 15 is 0 Å². The van der Waals surface area contributed by atoms with Crippen LogP contribution in [0, 0.1) is 6.92 Å². The second kappa shape index (κ2) is 6.23. The highest BCUT2D eigenvalue weighted by Crippen LogP contribution is 2.18. The lowest BCUT2D eigenvalue weighted by Gasteiger charge is -2.24. The minimum Gasteiger partial charge on any atom is -0.398 e. The summed E-state index contributed by atoms with van der Waals surface area (Å²) in [4.78, 5) is 6.78. The molecular weight excluding hydrogens is 234 g/mol. The molecule has 0 saturated heterocycles. The van der Waals surface area contributed by atoms with Crippen LogP contribution in [0.4, 0.5) is 11.5 Å². The molecular formula is C16H21N3. The van der Waals surface area contributed by atoms with Crippen LogP contribution in [0.5, 0.6) is 0 Å². The number of nitrogens with two attached hydrogens (primary N) is 1. The maximum atomic E-state index is 6.02. The molecule has 19 heavy (non-hydrogen) atoms. The van der Waals surface area contributed by atoms with Crippen molar-refractivity contribution in [2.45, 2.75) is 26.8 Å². The molecule has 0 spiro atoms. The zero-order valence-corrected chi connectivity index (χ0v) is 11.6. The minimum atomic E-state index is 0.802. The molecule has 2 aromatic rings. The van der Waals surface area contributed by atoms with Crippen LogP contribution in [0.25, 0.3) is 0 Å². The van der Waals surface area contributed by atoms with Gasteiger partial charge in [-0.3, -0.25) is 0 Å². The fourth-order valence-corrected chi connectivity index (χ4v) is 2.08. The molecule has 0 aliphatic heterocycles. The summed E-state index contributed by atoms with van der Waals surface area (Å²) in [6, 6.07) is 12.2. The number of rotatable bonds is 5. The van der Waals surface area contributed by atoms with Crippen LogP contribution in [0.1, 0.15) is 24.5 Å². The van der Waals surface area contributed by atoms with E-state index in [-0.39, 0.29) is 0 Å². The van der Waals surface area contributed by atoms with Crippen molar-refractivity contribution in [3.8, 4) is 0 Å². The number of aromatic nitrogens is 1. The van der Waals surface area contributed by atoms with Crippen LogP contribution in [0.2, 0.25) is 0 Å². The summed E-state index contributed by atoms with van der Waals surface area (Å²) in [5.74, 6) is 1.01. The number of hydrogen-bond acceptors (Lipinski definition) is 3. The molecule has 2 rings (SSSR count). The zero-order valence-electron chi connectivity index (χ0n) is 11.6. The van der Waals surface area contributed by atoms with Gasteiger partial charge >= 0.3 is 0 Å². The van der Waals surface area contributed by atoms with Crippen molar-refractivity contribution in [2.75, 3.05) is 17.2 Å². The number of hydrogen-bond donors (Lipinski definition) is 1. The van der Waals surface area contributed by atoms with Gasteiger partial charge in [0, 0.05) is 25.0 Å². The highest BCUT2D eigenvalue weighted by Gasteiger charge is 2.09. The van der Waals surface area contributed by atoms with E-state index in [9.17, 15) is 0 Å². The Morgan fingerprint density at radius 2 is 1.95 bits per heavy atom. The van der Waals surface area contributed by atoms with E-state index in [1.165, 1.54) is 5.56 Å². The first-order valence-corrected chi connectivity index (χ1v) is 6.71. The van der Waals surface area contributed by atoms with Gasteiger partial charge in [-0.05, 0) is 36.6 Å². The molecule has 0 atom stereocenters. The molecule has 3 heteroatoms. The van der Waals surface area contributed by atoms with Gasteiger partial charge in [0.1, 0.15) is 5.82 Å². The Morgan fingerprint density at radius 1 is 1.16 bits per heavy atom. The van der Waals surface area contributed by atoms with E-state index < -0.39 is 0 Å². The van der Waals surface area contributed by atoms with Crippen LogP contribution in [0.3, 0.4) is 0 Å². The molecule has 3 nitrogen and oxygen atoms in total. The standard InChI is InChI=1S/C16H21N3/c1-3-10-19(16-9-8-13(2)11-18-16)12-14-6-4-5-7-15(14)17/h4-9,11H,3,10,12,17H2,1-2H3. The normalized spacial score (nSPS) is 10.4. The maximum absolute atomic E-state index is 6.02. The van der Waals surface area contributed by atoms with Gasteiger partial charge in [-0.15, -0.1) is 0 Å². The van der Waals surface area contributed by atoms with Gasteiger partial charge in [0.25, 0.3) is 0 Å². The number of para-hydroxylation sites is 1. The van der Waals surface area contributed by atoms with Crippen LogP contribution >= 0.6 is 0 Å². The van der Waals surface area contributed by atoms with E-state index in [1.54, 1.807) is 0 Å². The van der Waals surface area contributed by atoms with Crippen molar-refractivity contribution in [1.29, 1.82) is 0 Å². The monoisotopic (exact) mass is 255 g/mol. The van der Waals surface area contributed by atoms with Crippen molar-refractivity contribution in [1.82, 2.24) is 4.98 Å². The van der Waals surface area contributed by atoms with Crippen LogP contribution in [-0.4, -0.2) is 11.5 Å². The Labute approximate surface area is 115 Å². The molecule has 0 fully saturated rings. The maximum Gasteiger partial charge on any atom is 0.128 e. The number of anilines is 2. The number of pyridine rings is 1. The van der Waals surface area contributed by atoms with Crippen molar-refractivity contribution in [3.63, 3.8) is 0 Å². The minimum absolute atomic E-state index is 0.802. The first-order valence-electron chi connectivity index (χ1n) is 6.71. The van der Waals surface area contributed by atoms with E-state index in [0.717, 1.165) is 36.6 Å². The molecule has 100 valence electrons. The van der Waals surface area contributed by atoms with Gasteiger partial charge in [0.2, 0.25) is 0 Å². The van der Waals surface area contributed by atoms with Crippen molar-refractivity contribution < 1.29 is 0 Å².